The monoisotopic (exact) mass is 291 g/mol. The van der Waals surface area contributed by atoms with E-state index in [-0.39, 0.29) is 18.1 Å². The average molecular weight is 291 g/mol. The van der Waals surface area contributed by atoms with Crippen molar-refractivity contribution >= 4 is 17.0 Å². The molecule has 0 atom stereocenters. The Morgan fingerprint density at radius 1 is 1.27 bits per heavy atom. The minimum absolute atomic E-state index is 0.262. The van der Waals surface area contributed by atoms with Crippen LogP contribution in [-0.4, -0.2) is 15.7 Å². The van der Waals surface area contributed by atoms with Crippen molar-refractivity contribution in [3.05, 3.63) is 54.4 Å². The SMILES string of the molecule is CCC(=O)On1cc(-c2ccccc2)c2ccc(C#N)nc21. The molecular formula is C17H13N3O2. The quantitative estimate of drug-likeness (QED) is 0.744. The van der Waals surface area contributed by atoms with E-state index < -0.39 is 0 Å². The lowest BCUT2D eigenvalue weighted by molar-refractivity contribution is -0.143. The third kappa shape index (κ3) is 2.42. The fraction of sp³-hybridized carbons (Fsp3) is 0.118. The Bertz CT molecular complexity index is 876. The van der Waals surface area contributed by atoms with Crippen molar-refractivity contribution in [1.29, 1.82) is 5.26 Å². The second kappa shape index (κ2) is 5.70. The highest BCUT2D eigenvalue weighted by atomic mass is 16.7. The average Bonchev–Trinajstić information content (AvgIpc) is 2.93. The fourth-order valence-corrected chi connectivity index (χ4v) is 2.23. The van der Waals surface area contributed by atoms with Gasteiger partial charge in [0.1, 0.15) is 11.8 Å². The Morgan fingerprint density at radius 2 is 2.05 bits per heavy atom. The lowest BCUT2D eigenvalue weighted by Crippen LogP contribution is -2.18. The molecule has 0 N–H and O–H groups in total. The summed E-state index contributed by atoms with van der Waals surface area (Å²) in [6.45, 7) is 1.72. The van der Waals surface area contributed by atoms with E-state index in [0.29, 0.717) is 5.65 Å². The van der Waals surface area contributed by atoms with Gasteiger partial charge in [0.25, 0.3) is 0 Å². The van der Waals surface area contributed by atoms with Crippen LogP contribution in [0.15, 0.2) is 48.7 Å². The number of hydrogen-bond donors (Lipinski definition) is 0. The molecule has 0 saturated heterocycles. The number of nitriles is 1. The molecule has 0 spiro atoms. The number of rotatable bonds is 3. The van der Waals surface area contributed by atoms with Crippen LogP contribution in [0, 0.1) is 11.3 Å². The number of hydrogen-bond acceptors (Lipinski definition) is 4. The zero-order chi connectivity index (χ0) is 15.5. The van der Waals surface area contributed by atoms with Gasteiger partial charge in [0.2, 0.25) is 0 Å². The maximum Gasteiger partial charge on any atom is 0.332 e. The lowest BCUT2D eigenvalue weighted by Gasteiger charge is -2.03. The van der Waals surface area contributed by atoms with Gasteiger partial charge < -0.3 is 4.84 Å². The summed E-state index contributed by atoms with van der Waals surface area (Å²) in [5, 5.41) is 9.84. The molecule has 0 saturated carbocycles. The number of benzene rings is 1. The first kappa shape index (κ1) is 13.8. The van der Waals surface area contributed by atoms with Crippen LogP contribution in [0.5, 0.6) is 0 Å². The topological polar surface area (TPSA) is 67.9 Å². The molecule has 0 radical (unpaired) electrons. The van der Waals surface area contributed by atoms with Gasteiger partial charge in [-0.15, -0.1) is 0 Å². The molecule has 2 aromatic heterocycles. The standard InChI is InChI=1S/C17H13N3O2/c1-2-16(21)22-20-11-15(12-6-4-3-5-7-12)14-9-8-13(10-18)19-17(14)20/h3-9,11H,2H2,1H3. The van der Waals surface area contributed by atoms with Crippen molar-refractivity contribution in [3.8, 4) is 17.2 Å². The van der Waals surface area contributed by atoms with E-state index in [4.69, 9.17) is 10.1 Å². The van der Waals surface area contributed by atoms with E-state index in [9.17, 15) is 4.79 Å². The van der Waals surface area contributed by atoms with Crippen molar-refractivity contribution < 1.29 is 9.63 Å². The summed E-state index contributed by atoms with van der Waals surface area (Å²) in [7, 11) is 0. The molecule has 3 rings (SSSR count). The molecule has 0 bridgehead atoms. The zero-order valence-corrected chi connectivity index (χ0v) is 12.0. The number of carbonyl (C=O) groups excluding carboxylic acids is 1. The van der Waals surface area contributed by atoms with Gasteiger partial charge in [0.15, 0.2) is 5.65 Å². The minimum Gasteiger partial charge on any atom is -0.335 e. The van der Waals surface area contributed by atoms with Crippen LogP contribution in [0.2, 0.25) is 0 Å². The van der Waals surface area contributed by atoms with Crippen LogP contribution in [0.25, 0.3) is 22.2 Å². The molecule has 0 aliphatic rings. The van der Waals surface area contributed by atoms with Crippen LogP contribution >= 0.6 is 0 Å². The molecule has 108 valence electrons. The zero-order valence-electron chi connectivity index (χ0n) is 12.0. The van der Waals surface area contributed by atoms with E-state index in [2.05, 4.69) is 4.98 Å². The molecule has 0 amide bonds. The van der Waals surface area contributed by atoms with E-state index in [1.165, 1.54) is 4.73 Å². The molecular weight excluding hydrogens is 278 g/mol. The number of nitrogens with zero attached hydrogens (tertiary/aromatic N) is 3. The van der Waals surface area contributed by atoms with Gasteiger partial charge in [0.05, 0.1) is 6.20 Å². The second-order valence-corrected chi connectivity index (χ2v) is 4.73. The highest BCUT2D eigenvalue weighted by Gasteiger charge is 2.14. The predicted octanol–water partition coefficient (Wildman–Crippen LogP) is 2.94. The van der Waals surface area contributed by atoms with Crippen molar-refractivity contribution in [2.45, 2.75) is 13.3 Å². The van der Waals surface area contributed by atoms with E-state index in [1.807, 2.05) is 42.5 Å². The van der Waals surface area contributed by atoms with E-state index in [0.717, 1.165) is 16.5 Å². The Morgan fingerprint density at radius 3 is 2.73 bits per heavy atom. The molecule has 0 aliphatic heterocycles. The van der Waals surface area contributed by atoms with Gasteiger partial charge in [-0.2, -0.15) is 9.99 Å². The summed E-state index contributed by atoms with van der Waals surface area (Å²) in [6, 6.07) is 15.2. The van der Waals surface area contributed by atoms with Gasteiger partial charge in [-0.3, -0.25) is 0 Å². The first-order chi connectivity index (χ1) is 10.7. The molecule has 0 unspecified atom stereocenters. The molecule has 22 heavy (non-hydrogen) atoms. The summed E-state index contributed by atoms with van der Waals surface area (Å²) in [4.78, 5) is 21.1. The largest absolute Gasteiger partial charge is 0.335 e. The Kier molecular flexibility index (Phi) is 3.58. The van der Waals surface area contributed by atoms with Crippen molar-refractivity contribution in [2.24, 2.45) is 0 Å². The van der Waals surface area contributed by atoms with Crippen LogP contribution in [0.3, 0.4) is 0 Å². The normalized spacial score (nSPS) is 10.4. The van der Waals surface area contributed by atoms with Crippen molar-refractivity contribution in [2.75, 3.05) is 0 Å². The molecule has 5 heteroatoms. The lowest BCUT2D eigenvalue weighted by atomic mass is 10.1. The van der Waals surface area contributed by atoms with Crippen LogP contribution < -0.4 is 4.84 Å². The van der Waals surface area contributed by atoms with Crippen LogP contribution in [-0.2, 0) is 4.79 Å². The highest BCUT2D eigenvalue weighted by molar-refractivity contribution is 5.94. The van der Waals surface area contributed by atoms with E-state index >= 15 is 0 Å². The van der Waals surface area contributed by atoms with Gasteiger partial charge in [-0.25, -0.2) is 9.78 Å². The smallest absolute Gasteiger partial charge is 0.332 e. The van der Waals surface area contributed by atoms with Gasteiger partial charge in [0, 0.05) is 17.4 Å². The van der Waals surface area contributed by atoms with Crippen LogP contribution in [0.1, 0.15) is 19.0 Å². The summed E-state index contributed by atoms with van der Waals surface area (Å²) >= 11 is 0. The Labute approximate surface area is 127 Å². The third-order valence-electron chi connectivity index (χ3n) is 3.31. The highest BCUT2D eigenvalue weighted by Crippen LogP contribution is 2.29. The summed E-state index contributed by atoms with van der Waals surface area (Å²) < 4.78 is 1.34. The number of carbonyl (C=O) groups is 1. The molecule has 0 fully saturated rings. The maximum atomic E-state index is 11.6. The molecule has 1 aromatic carbocycles. The van der Waals surface area contributed by atoms with Crippen molar-refractivity contribution in [1.82, 2.24) is 9.71 Å². The molecule has 5 nitrogen and oxygen atoms in total. The van der Waals surface area contributed by atoms with Gasteiger partial charge >= 0.3 is 5.97 Å². The van der Waals surface area contributed by atoms with Crippen LogP contribution in [0.4, 0.5) is 0 Å². The summed E-state index contributed by atoms with van der Waals surface area (Å²) in [5.41, 5.74) is 2.63. The molecule has 3 aromatic rings. The number of aromatic nitrogens is 2. The first-order valence-corrected chi connectivity index (χ1v) is 6.91. The summed E-state index contributed by atoms with van der Waals surface area (Å²) in [6.07, 6.45) is 1.99. The fourth-order valence-electron chi connectivity index (χ4n) is 2.23. The number of fused-ring (bicyclic) bond motifs is 1. The molecule has 0 aliphatic carbocycles. The van der Waals surface area contributed by atoms with Crippen molar-refractivity contribution in [3.63, 3.8) is 0 Å². The first-order valence-electron chi connectivity index (χ1n) is 6.91. The summed E-state index contributed by atoms with van der Waals surface area (Å²) in [5.74, 6) is -0.360. The second-order valence-electron chi connectivity index (χ2n) is 4.73. The van der Waals surface area contributed by atoms with E-state index in [1.54, 1.807) is 19.2 Å². The number of pyridine rings is 1. The Balaban J connectivity index is 2.22. The Hall–Kier alpha value is -3.13. The van der Waals surface area contributed by atoms with Gasteiger partial charge in [-0.05, 0) is 17.7 Å². The maximum absolute atomic E-state index is 11.6. The third-order valence-corrected chi connectivity index (χ3v) is 3.31. The molecule has 2 heterocycles. The predicted molar refractivity (Wildman–Crippen MR) is 81.8 cm³/mol. The van der Waals surface area contributed by atoms with Gasteiger partial charge in [-0.1, -0.05) is 37.3 Å². The minimum atomic E-state index is -0.360.